The first-order chi connectivity index (χ1) is 20.3. The van der Waals surface area contributed by atoms with Crippen LogP contribution in [0, 0.1) is 0 Å². The molecule has 1 saturated heterocycles. The third-order valence-corrected chi connectivity index (χ3v) is 9.86. The van der Waals surface area contributed by atoms with Crippen LogP contribution in [-0.4, -0.2) is 50.1 Å². The van der Waals surface area contributed by atoms with Crippen LogP contribution in [-0.2, 0) is 27.0 Å². The van der Waals surface area contributed by atoms with Crippen LogP contribution in [0.25, 0.3) is 0 Å². The molecule has 12 heteroatoms. The molecule has 1 amide bonds. The minimum Gasteiger partial charge on any atom is -0.497 e. The lowest BCUT2D eigenvalue weighted by molar-refractivity contribution is -0.127. The quantitative estimate of drug-likeness (QED) is 0.304. The first kappa shape index (κ1) is 28.2. The van der Waals surface area contributed by atoms with Gasteiger partial charge in [0.1, 0.15) is 17.8 Å². The number of rotatable bonds is 8. The highest BCUT2D eigenvalue weighted by atomic mass is 35.5. The number of oxazole rings is 1. The van der Waals surface area contributed by atoms with Crippen LogP contribution in [0.4, 0.5) is 5.69 Å². The molecular formula is C30H28ClN3O7S. The first-order valence-electron chi connectivity index (χ1n) is 13.3. The number of nitrogens with zero attached hydrogens (tertiary/aromatic N) is 3. The molecule has 0 radical (unpaired) electrons. The van der Waals surface area contributed by atoms with Crippen molar-refractivity contribution in [1.82, 2.24) is 9.88 Å². The maximum absolute atomic E-state index is 15.1. The van der Waals surface area contributed by atoms with E-state index in [9.17, 15) is 13.5 Å². The summed E-state index contributed by atoms with van der Waals surface area (Å²) in [5, 5.41) is 10.2. The number of fused-ring (bicyclic) bond motifs is 1. The van der Waals surface area contributed by atoms with Crippen LogP contribution in [0.15, 0.2) is 82.4 Å². The molecule has 0 bridgehead atoms. The molecule has 2 atom stereocenters. The highest BCUT2D eigenvalue weighted by Crippen LogP contribution is 2.56. The molecule has 1 fully saturated rings. The number of anilines is 1. The Labute approximate surface area is 248 Å². The molecule has 10 nitrogen and oxygen atoms in total. The third kappa shape index (κ3) is 4.18. The summed E-state index contributed by atoms with van der Waals surface area (Å²) in [7, 11) is -1.46. The van der Waals surface area contributed by atoms with Crippen molar-refractivity contribution in [3.63, 3.8) is 0 Å². The number of aliphatic hydroxyl groups excluding tert-OH is 1. The average Bonchev–Trinajstić information content (AvgIpc) is 3.76. The number of carbonyl (C=O) groups excluding carboxylic acids is 1. The summed E-state index contributed by atoms with van der Waals surface area (Å²) in [6.07, 6.45) is 4.32. The second-order valence-electron chi connectivity index (χ2n) is 10.0. The average molecular weight is 610 g/mol. The van der Waals surface area contributed by atoms with Gasteiger partial charge in [-0.05, 0) is 66.9 Å². The monoisotopic (exact) mass is 609 g/mol. The second-order valence-corrected chi connectivity index (χ2v) is 12.3. The number of carbonyl (C=O) groups is 1. The molecular weight excluding hydrogens is 582 g/mol. The van der Waals surface area contributed by atoms with E-state index >= 15 is 4.79 Å². The molecule has 3 aromatic carbocycles. The topological polar surface area (TPSA) is 122 Å². The summed E-state index contributed by atoms with van der Waals surface area (Å²) in [6.45, 7) is 0.173. The van der Waals surface area contributed by atoms with Gasteiger partial charge in [0.15, 0.2) is 5.54 Å². The number of benzene rings is 3. The third-order valence-electron chi connectivity index (χ3n) is 7.92. The number of amides is 1. The van der Waals surface area contributed by atoms with E-state index in [2.05, 4.69) is 4.98 Å². The maximum atomic E-state index is 15.1. The summed E-state index contributed by atoms with van der Waals surface area (Å²) in [5.74, 6) is 0.472. The zero-order chi connectivity index (χ0) is 29.6. The summed E-state index contributed by atoms with van der Waals surface area (Å²) in [6, 6.07) is 15.2. The van der Waals surface area contributed by atoms with Crippen LogP contribution in [0.2, 0.25) is 5.02 Å². The van der Waals surface area contributed by atoms with Crippen molar-refractivity contribution in [2.24, 2.45) is 0 Å². The van der Waals surface area contributed by atoms with E-state index in [0.29, 0.717) is 58.5 Å². The van der Waals surface area contributed by atoms with E-state index in [4.69, 9.17) is 25.5 Å². The van der Waals surface area contributed by atoms with Gasteiger partial charge in [0, 0.05) is 22.7 Å². The Kier molecular flexibility index (Phi) is 7.22. The van der Waals surface area contributed by atoms with Crippen molar-refractivity contribution in [2.75, 3.05) is 25.1 Å². The molecule has 1 aromatic heterocycles. The van der Waals surface area contributed by atoms with Gasteiger partial charge < -0.3 is 19.0 Å². The van der Waals surface area contributed by atoms with Crippen LogP contribution in [0.5, 0.6) is 11.5 Å². The minimum atomic E-state index is -4.41. The maximum Gasteiger partial charge on any atom is 0.271 e. The fraction of sp³-hybridized carbons (Fsp3) is 0.267. The van der Waals surface area contributed by atoms with Crippen molar-refractivity contribution < 1.29 is 32.2 Å². The van der Waals surface area contributed by atoms with E-state index in [1.165, 1.54) is 50.9 Å². The molecule has 42 heavy (non-hydrogen) atoms. The van der Waals surface area contributed by atoms with E-state index in [1.807, 2.05) is 4.90 Å². The number of sulfonamides is 1. The Morgan fingerprint density at radius 2 is 1.86 bits per heavy atom. The number of ether oxygens (including phenoxy) is 2. The first-order valence-corrected chi connectivity index (χ1v) is 15.1. The predicted octanol–water partition coefficient (Wildman–Crippen LogP) is 4.65. The van der Waals surface area contributed by atoms with Crippen molar-refractivity contribution in [2.45, 2.75) is 35.9 Å². The summed E-state index contributed by atoms with van der Waals surface area (Å²) in [4.78, 5) is 21.4. The van der Waals surface area contributed by atoms with E-state index in [0.717, 1.165) is 4.31 Å². The zero-order valence-electron chi connectivity index (χ0n) is 22.9. The second kappa shape index (κ2) is 10.7. The molecule has 1 unspecified atom stereocenters. The van der Waals surface area contributed by atoms with E-state index in [-0.39, 0.29) is 17.2 Å². The summed E-state index contributed by atoms with van der Waals surface area (Å²) in [5.41, 5.74) is -0.177. The molecule has 0 saturated carbocycles. The van der Waals surface area contributed by atoms with Gasteiger partial charge in [0.25, 0.3) is 15.9 Å². The molecule has 0 spiro atoms. The number of methoxy groups -OCH3 is 2. The Balaban J connectivity index is 1.66. The highest BCUT2D eigenvalue weighted by molar-refractivity contribution is 7.93. The lowest BCUT2D eigenvalue weighted by Gasteiger charge is -2.41. The van der Waals surface area contributed by atoms with Crippen molar-refractivity contribution in [3.05, 3.63) is 101 Å². The lowest BCUT2D eigenvalue weighted by Crippen LogP contribution is -2.54. The number of hydrogen-bond acceptors (Lipinski definition) is 9. The molecule has 3 heterocycles. The van der Waals surface area contributed by atoms with Gasteiger partial charge in [-0.15, -0.1) is 0 Å². The minimum absolute atomic E-state index is 0.0818. The Bertz CT molecular complexity index is 1750. The van der Waals surface area contributed by atoms with Crippen LogP contribution in [0.1, 0.15) is 41.5 Å². The number of aromatic nitrogens is 1. The van der Waals surface area contributed by atoms with Crippen LogP contribution >= 0.6 is 11.6 Å². The molecule has 0 aliphatic carbocycles. The predicted molar refractivity (Wildman–Crippen MR) is 154 cm³/mol. The lowest BCUT2D eigenvalue weighted by atomic mass is 9.80. The summed E-state index contributed by atoms with van der Waals surface area (Å²) < 4.78 is 46.2. The van der Waals surface area contributed by atoms with Gasteiger partial charge in [0.2, 0.25) is 5.89 Å². The van der Waals surface area contributed by atoms with Gasteiger partial charge in [-0.2, -0.15) is 0 Å². The fourth-order valence-corrected chi connectivity index (χ4v) is 7.72. The highest BCUT2D eigenvalue weighted by Gasteiger charge is 2.62. The molecule has 218 valence electrons. The molecule has 2 aliphatic heterocycles. The van der Waals surface area contributed by atoms with Crippen molar-refractivity contribution in [3.8, 4) is 11.5 Å². The van der Waals surface area contributed by atoms with E-state index < -0.39 is 27.5 Å². The number of likely N-dealkylation sites (tertiary alicyclic amines) is 1. The molecule has 6 rings (SSSR count). The smallest absolute Gasteiger partial charge is 0.271 e. The van der Waals surface area contributed by atoms with Crippen molar-refractivity contribution in [1.29, 1.82) is 0 Å². The number of hydrogen-bond donors (Lipinski definition) is 1. The van der Waals surface area contributed by atoms with E-state index in [1.54, 1.807) is 36.4 Å². The van der Waals surface area contributed by atoms with Gasteiger partial charge in [-0.1, -0.05) is 23.7 Å². The van der Waals surface area contributed by atoms with Gasteiger partial charge in [-0.3, -0.25) is 9.69 Å². The van der Waals surface area contributed by atoms with Gasteiger partial charge >= 0.3 is 0 Å². The summed E-state index contributed by atoms with van der Waals surface area (Å²) >= 11 is 6.56. The molecule has 1 N–H and O–H groups in total. The van der Waals surface area contributed by atoms with Crippen LogP contribution < -0.4 is 13.8 Å². The largest absolute Gasteiger partial charge is 0.497 e. The zero-order valence-corrected chi connectivity index (χ0v) is 24.4. The van der Waals surface area contributed by atoms with Gasteiger partial charge in [0.05, 0.1) is 43.6 Å². The number of halogens is 1. The SMILES string of the molecule is COc1ccc(S(=O)(=O)N2C(=O)C(c3ccc(CO)cc3OC)(N3CCC[C@H]3c3ncco3)c3cc(Cl)ccc32)cc1. The standard InChI is InChI=1S/C30H28ClN3O7S/c1-39-21-7-9-22(10-8-21)42(37,38)34-25-12-6-20(31)17-24(25)30(29(34)36,23-11-5-19(18-35)16-27(23)40-2)33-14-3-4-26(33)28-32-13-15-41-28/h5-13,15-17,26,35H,3-4,14,18H2,1-2H3/t26-,30?/m0/s1. The normalized spacial score (nSPS) is 20.6. The Morgan fingerprint density at radius 1 is 1.07 bits per heavy atom. The van der Waals surface area contributed by atoms with Crippen molar-refractivity contribution >= 4 is 33.2 Å². The van der Waals surface area contributed by atoms with Gasteiger partial charge in [-0.25, -0.2) is 17.7 Å². The Morgan fingerprint density at radius 3 is 2.52 bits per heavy atom. The Hall–Kier alpha value is -3.90. The molecule has 2 aliphatic rings. The molecule has 4 aromatic rings. The number of aliphatic hydroxyl groups is 1. The van der Waals surface area contributed by atoms with Crippen LogP contribution in [0.3, 0.4) is 0 Å². The fourth-order valence-electron chi connectivity index (χ4n) is 6.09.